The van der Waals surface area contributed by atoms with Gasteiger partial charge in [-0.15, -0.1) is 10.2 Å². The Morgan fingerprint density at radius 2 is 1.71 bits per heavy atom. The molecule has 0 spiro atoms. The number of nitrogens with one attached hydrogen (secondary N) is 2. The van der Waals surface area contributed by atoms with Gasteiger partial charge in [-0.05, 0) is 54.6 Å². The molecule has 0 aliphatic rings. The summed E-state index contributed by atoms with van der Waals surface area (Å²) in [6.07, 6.45) is 0. The Labute approximate surface area is 186 Å². The zero-order chi connectivity index (χ0) is 21.5. The number of rotatable bonds is 8. The van der Waals surface area contributed by atoms with Crippen LogP contribution in [0.4, 0.5) is 20.9 Å². The smallest absolute Gasteiger partial charge is 0.234 e. The molecule has 0 saturated heterocycles. The highest BCUT2D eigenvalue weighted by Crippen LogP contribution is 2.29. The van der Waals surface area contributed by atoms with Crippen LogP contribution in [0.15, 0.2) is 83.2 Å². The van der Waals surface area contributed by atoms with E-state index in [1.165, 1.54) is 35.2 Å². The first kappa shape index (κ1) is 20.8. The predicted octanol–water partition coefficient (Wildman–Crippen LogP) is 5.94. The fraction of sp³-hybridized carbons (Fsp3) is 0.0455. The van der Waals surface area contributed by atoms with E-state index in [4.69, 9.17) is 4.74 Å². The van der Waals surface area contributed by atoms with Gasteiger partial charge in [0.1, 0.15) is 17.3 Å². The summed E-state index contributed by atoms with van der Waals surface area (Å²) in [5.74, 6) is 1.01. The molecule has 0 fully saturated rings. The topological polar surface area (TPSA) is 76.1 Å². The number of carbonyl (C=O) groups excluding carboxylic acids is 1. The zero-order valence-electron chi connectivity index (χ0n) is 16.1. The minimum absolute atomic E-state index is 0.149. The van der Waals surface area contributed by atoms with Crippen LogP contribution in [0.2, 0.25) is 0 Å². The van der Waals surface area contributed by atoms with Crippen molar-refractivity contribution in [3.8, 4) is 11.5 Å². The number of carbonyl (C=O) groups is 1. The van der Waals surface area contributed by atoms with E-state index >= 15 is 0 Å². The highest BCUT2D eigenvalue weighted by atomic mass is 32.2. The van der Waals surface area contributed by atoms with Crippen molar-refractivity contribution in [1.82, 2.24) is 10.2 Å². The normalized spacial score (nSPS) is 10.5. The minimum Gasteiger partial charge on any atom is -0.457 e. The maximum absolute atomic E-state index is 13.2. The van der Waals surface area contributed by atoms with E-state index in [9.17, 15) is 9.18 Å². The lowest BCUT2D eigenvalue weighted by Crippen LogP contribution is -2.13. The number of amides is 1. The molecule has 1 aromatic heterocycles. The van der Waals surface area contributed by atoms with Gasteiger partial charge in [0.05, 0.1) is 5.75 Å². The number of para-hydroxylation sites is 1. The molecule has 31 heavy (non-hydrogen) atoms. The van der Waals surface area contributed by atoms with Gasteiger partial charge in [-0.1, -0.05) is 47.4 Å². The van der Waals surface area contributed by atoms with Crippen LogP contribution < -0.4 is 15.4 Å². The van der Waals surface area contributed by atoms with E-state index < -0.39 is 5.82 Å². The van der Waals surface area contributed by atoms with E-state index in [1.54, 1.807) is 12.1 Å². The summed E-state index contributed by atoms with van der Waals surface area (Å²) in [5, 5.41) is 14.6. The molecule has 4 aromatic rings. The van der Waals surface area contributed by atoms with E-state index in [0.29, 0.717) is 15.2 Å². The largest absolute Gasteiger partial charge is 0.457 e. The monoisotopic (exact) mass is 452 g/mol. The molecular formula is C22H17FN4O2S2. The predicted molar refractivity (Wildman–Crippen MR) is 122 cm³/mol. The van der Waals surface area contributed by atoms with Crippen molar-refractivity contribution in [3.63, 3.8) is 0 Å². The third-order valence-electron chi connectivity index (χ3n) is 3.93. The molecule has 9 heteroatoms. The summed E-state index contributed by atoms with van der Waals surface area (Å²) in [7, 11) is 0. The number of halogens is 1. The van der Waals surface area contributed by atoms with Gasteiger partial charge in [-0.25, -0.2) is 4.39 Å². The summed E-state index contributed by atoms with van der Waals surface area (Å²) < 4.78 is 19.6. The molecule has 0 unspecified atom stereocenters. The van der Waals surface area contributed by atoms with Crippen LogP contribution >= 0.6 is 23.1 Å². The van der Waals surface area contributed by atoms with E-state index in [-0.39, 0.29) is 11.7 Å². The average Bonchev–Trinajstić information content (AvgIpc) is 3.22. The molecule has 0 aliphatic carbocycles. The van der Waals surface area contributed by atoms with Crippen molar-refractivity contribution in [3.05, 3.63) is 84.7 Å². The van der Waals surface area contributed by atoms with Crippen LogP contribution in [0, 0.1) is 5.82 Å². The molecule has 3 aromatic carbocycles. The Hall–Kier alpha value is -3.43. The second kappa shape index (κ2) is 10.1. The Balaban J connectivity index is 1.27. The number of benzene rings is 3. The number of ether oxygens (including phenoxy) is 1. The Morgan fingerprint density at radius 3 is 2.48 bits per heavy atom. The molecular weight excluding hydrogens is 435 g/mol. The van der Waals surface area contributed by atoms with Crippen LogP contribution in [0.1, 0.15) is 0 Å². The standard InChI is InChI=1S/C22H17FN4O2S2/c23-15-5-4-6-17(13-15)24-20(28)14-30-22-27-26-21(31-22)25-16-9-11-19(12-10-16)29-18-7-2-1-3-8-18/h1-13H,14H2,(H,24,28)(H,25,26). The second-order valence-electron chi connectivity index (χ2n) is 6.28. The molecule has 0 saturated carbocycles. The number of hydrogen-bond donors (Lipinski definition) is 2. The van der Waals surface area contributed by atoms with Gasteiger partial charge < -0.3 is 15.4 Å². The third kappa shape index (κ3) is 6.27. The van der Waals surface area contributed by atoms with Gasteiger partial charge in [-0.2, -0.15) is 0 Å². The molecule has 6 nitrogen and oxygen atoms in total. The maximum atomic E-state index is 13.2. The zero-order valence-corrected chi connectivity index (χ0v) is 17.8. The summed E-state index contributed by atoms with van der Waals surface area (Å²) in [5.41, 5.74) is 1.27. The molecule has 1 heterocycles. The van der Waals surface area contributed by atoms with Crippen molar-refractivity contribution >= 4 is 45.5 Å². The fourth-order valence-electron chi connectivity index (χ4n) is 2.56. The average molecular weight is 453 g/mol. The summed E-state index contributed by atoms with van der Waals surface area (Å²) in [6, 6.07) is 22.8. The highest BCUT2D eigenvalue weighted by Gasteiger charge is 2.09. The van der Waals surface area contributed by atoms with Crippen LogP contribution in [-0.2, 0) is 4.79 Å². The number of hydrogen-bond acceptors (Lipinski definition) is 7. The molecule has 0 atom stereocenters. The maximum Gasteiger partial charge on any atom is 0.234 e. The van der Waals surface area contributed by atoms with Crippen LogP contribution in [0.25, 0.3) is 0 Å². The van der Waals surface area contributed by atoms with Gasteiger partial charge in [0.2, 0.25) is 11.0 Å². The SMILES string of the molecule is O=C(CSc1nnc(Nc2ccc(Oc3ccccc3)cc2)s1)Nc1cccc(F)c1. The first-order chi connectivity index (χ1) is 15.1. The Kier molecular flexibility index (Phi) is 6.75. The van der Waals surface area contributed by atoms with Crippen molar-refractivity contribution in [2.45, 2.75) is 4.34 Å². The summed E-state index contributed by atoms with van der Waals surface area (Å²) in [4.78, 5) is 12.0. The molecule has 0 aliphatic heterocycles. The third-order valence-corrected chi connectivity index (χ3v) is 5.90. The first-order valence-corrected chi connectivity index (χ1v) is 11.1. The molecule has 156 valence electrons. The lowest BCUT2D eigenvalue weighted by Gasteiger charge is -2.06. The minimum atomic E-state index is -0.398. The van der Waals surface area contributed by atoms with E-state index in [1.807, 2.05) is 54.6 Å². The van der Waals surface area contributed by atoms with Gasteiger partial charge >= 0.3 is 0 Å². The van der Waals surface area contributed by atoms with Crippen molar-refractivity contribution in [1.29, 1.82) is 0 Å². The number of nitrogens with zero attached hydrogens (tertiary/aromatic N) is 2. The van der Waals surface area contributed by atoms with Crippen LogP contribution in [0.5, 0.6) is 11.5 Å². The van der Waals surface area contributed by atoms with E-state index in [0.717, 1.165) is 17.2 Å². The van der Waals surface area contributed by atoms with Gasteiger partial charge in [0, 0.05) is 11.4 Å². The first-order valence-electron chi connectivity index (χ1n) is 9.26. The number of thioether (sulfide) groups is 1. The van der Waals surface area contributed by atoms with Crippen molar-refractivity contribution in [2.75, 3.05) is 16.4 Å². The Morgan fingerprint density at radius 1 is 0.935 bits per heavy atom. The summed E-state index contributed by atoms with van der Waals surface area (Å²) >= 11 is 2.61. The fourth-order valence-corrected chi connectivity index (χ4v) is 4.14. The van der Waals surface area contributed by atoms with E-state index in [2.05, 4.69) is 20.8 Å². The summed E-state index contributed by atoms with van der Waals surface area (Å²) in [6.45, 7) is 0. The lowest BCUT2D eigenvalue weighted by molar-refractivity contribution is -0.113. The van der Waals surface area contributed by atoms with Crippen LogP contribution in [-0.4, -0.2) is 21.9 Å². The van der Waals surface area contributed by atoms with Gasteiger partial charge in [-0.3, -0.25) is 4.79 Å². The van der Waals surface area contributed by atoms with Gasteiger partial charge in [0.25, 0.3) is 0 Å². The highest BCUT2D eigenvalue weighted by molar-refractivity contribution is 8.01. The number of aromatic nitrogens is 2. The second-order valence-corrected chi connectivity index (χ2v) is 8.48. The van der Waals surface area contributed by atoms with Gasteiger partial charge in [0.15, 0.2) is 4.34 Å². The molecule has 4 rings (SSSR count). The van der Waals surface area contributed by atoms with Crippen LogP contribution in [0.3, 0.4) is 0 Å². The Bertz CT molecular complexity index is 1150. The molecule has 0 bridgehead atoms. The molecule has 1 amide bonds. The number of anilines is 3. The molecule has 2 N–H and O–H groups in total. The van der Waals surface area contributed by atoms with Crippen molar-refractivity contribution in [2.24, 2.45) is 0 Å². The molecule has 0 radical (unpaired) electrons. The quantitative estimate of drug-likeness (QED) is 0.322. The lowest BCUT2D eigenvalue weighted by atomic mass is 10.3. The van der Waals surface area contributed by atoms with Crippen molar-refractivity contribution < 1.29 is 13.9 Å².